The highest BCUT2D eigenvalue weighted by atomic mass is 35.5. The van der Waals surface area contributed by atoms with Crippen molar-refractivity contribution in [3.05, 3.63) is 29.0 Å². The van der Waals surface area contributed by atoms with Gasteiger partial charge in [-0.1, -0.05) is 11.6 Å². The fourth-order valence-electron chi connectivity index (χ4n) is 4.51. The van der Waals surface area contributed by atoms with Gasteiger partial charge in [0.25, 0.3) is 5.91 Å². The van der Waals surface area contributed by atoms with Crippen LogP contribution in [0.4, 0.5) is 4.39 Å². The van der Waals surface area contributed by atoms with Gasteiger partial charge >= 0.3 is 0 Å². The second kappa shape index (κ2) is 8.98. The third kappa shape index (κ3) is 4.90. The molecule has 2 N–H and O–H groups in total. The van der Waals surface area contributed by atoms with Crippen molar-refractivity contribution in [1.29, 1.82) is 0 Å². The number of fused-ring (bicyclic) bond motifs is 1. The van der Waals surface area contributed by atoms with Crippen LogP contribution in [0.3, 0.4) is 0 Å². The lowest BCUT2D eigenvalue weighted by Gasteiger charge is -2.26. The van der Waals surface area contributed by atoms with Crippen LogP contribution in [0.1, 0.15) is 32.1 Å². The Balaban J connectivity index is 1.22. The van der Waals surface area contributed by atoms with Gasteiger partial charge in [-0.25, -0.2) is 4.39 Å². The summed E-state index contributed by atoms with van der Waals surface area (Å²) < 4.78 is 24.4. The molecule has 1 saturated heterocycles. The van der Waals surface area contributed by atoms with Crippen LogP contribution in [0.25, 0.3) is 0 Å². The highest BCUT2D eigenvalue weighted by molar-refractivity contribution is 6.30. The summed E-state index contributed by atoms with van der Waals surface area (Å²) in [7, 11) is 0. The van der Waals surface area contributed by atoms with E-state index in [4.69, 9.17) is 21.1 Å². The Hall–Kier alpha value is -1.70. The van der Waals surface area contributed by atoms with Crippen molar-refractivity contribution in [1.82, 2.24) is 10.6 Å². The van der Waals surface area contributed by atoms with E-state index in [1.807, 2.05) is 0 Å². The largest absolute Gasteiger partial charge is 0.484 e. The Bertz CT molecular complexity index is 773. The first-order chi connectivity index (χ1) is 14.0. The molecule has 0 radical (unpaired) electrons. The molecule has 1 aromatic rings. The first kappa shape index (κ1) is 20.6. The molecule has 6 nitrogen and oxygen atoms in total. The van der Waals surface area contributed by atoms with E-state index < -0.39 is 5.82 Å². The maximum Gasteiger partial charge on any atom is 0.258 e. The molecule has 1 heterocycles. The zero-order chi connectivity index (χ0) is 20.4. The minimum Gasteiger partial charge on any atom is -0.484 e. The van der Waals surface area contributed by atoms with Gasteiger partial charge in [-0.2, -0.15) is 0 Å². The van der Waals surface area contributed by atoms with Crippen molar-refractivity contribution in [3.63, 3.8) is 0 Å². The van der Waals surface area contributed by atoms with Gasteiger partial charge in [0, 0.05) is 12.1 Å². The summed E-state index contributed by atoms with van der Waals surface area (Å²) >= 11 is 5.64. The van der Waals surface area contributed by atoms with Gasteiger partial charge in [0.05, 0.1) is 17.2 Å². The number of halogens is 2. The number of ketones is 1. The normalized spacial score (nSPS) is 28.6. The van der Waals surface area contributed by atoms with Gasteiger partial charge < -0.3 is 20.1 Å². The predicted molar refractivity (Wildman–Crippen MR) is 105 cm³/mol. The number of hydrogen-bond acceptors (Lipinski definition) is 5. The molecular weight excluding hydrogens is 399 g/mol. The SMILES string of the molecule is O=C(COc1ccc(Cl)c(F)c1)N[C@H]1C[C@@H]2CN[C@H](C(=O)COC3CCC3)[C@H]2C1. The van der Waals surface area contributed by atoms with Crippen molar-refractivity contribution in [3.8, 4) is 5.75 Å². The molecule has 1 aromatic carbocycles. The van der Waals surface area contributed by atoms with Gasteiger partial charge in [0.1, 0.15) is 18.2 Å². The average Bonchev–Trinajstić information content (AvgIpc) is 3.21. The minimum absolute atomic E-state index is 0.00935. The number of carbonyl (C=O) groups is 2. The molecular formula is C21H26ClFN2O4. The van der Waals surface area contributed by atoms with E-state index in [-0.39, 0.29) is 59.8 Å². The third-order valence-electron chi connectivity index (χ3n) is 6.26. The molecule has 2 saturated carbocycles. The van der Waals surface area contributed by atoms with E-state index in [9.17, 15) is 14.0 Å². The van der Waals surface area contributed by atoms with Gasteiger partial charge in [0.15, 0.2) is 12.4 Å². The van der Waals surface area contributed by atoms with Gasteiger partial charge in [-0.15, -0.1) is 0 Å². The highest BCUT2D eigenvalue weighted by Gasteiger charge is 2.46. The van der Waals surface area contributed by atoms with E-state index in [0.29, 0.717) is 5.92 Å². The average molecular weight is 425 g/mol. The summed E-state index contributed by atoms with van der Waals surface area (Å²) in [5, 5.41) is 6.32. The zero-order valence-corrected chi connectivity index (χ0v) is 16.9. The molecule has 0 unspecified atom stereocenters. The van der Waals surface area contributed by atoms with Crippen molar-refractivity contribution >= 4 is 23.3 Å². The molecule has 2 aliphatic carbocycles. The number of carbonyl (C=O) groups excluding carboxylic acids is 2. The summed E-state index contributed by atoms with van der Waals surface area (Å²) in [6.07, 6.45) is 5.14. The number of benzene rings is 1. The molecule has 3 fully saturated rings. The number of ether oxygens (including phenoxy) is 2. The standard InChI is InChI=1S/C21H26ClFN2O4/c22-17-5-4-15(8-18(17)23)29-11-20(27)25-13-6-12-9-24-21(16(12)7-13)19(26)10-28-14-2-1-3-14/h4-5,8,12-14,16,21,24H,1-3,6-7,9-11H2,(H,25,27)/t12-,13+,16+,21+/m1/s1. The quantitative estimate of drug-likeness (QED) is 0.670. The molecule has 3 aliphatic rings. The maximum atomic E-state index is 13.4. The molecule has 158 valence electrons. The van der Waals surface area contributed by atoms with Crippen LogP contribution in [-0.4, -0.2) is 49.6 Å². The molecule has 0 spiro atoms. The van der Waals surface area contributed by atoms with Crippen molar-refractivity contribution in [2.24, 2.45) is 11.8 Å². The molecule has 1 aliphatic heterocycles. The van der Waals surface area contributed by atoms with Crippen LogP contribution >= 0.6 is 11.6 Å². The molecule has 29 heavy (non-hydrogen) atoms. The summed E-state index contributed by atoms with van der Waals surface area (Å²) in [5.74, 6) is 0.136. The van der Waals surface area contributed by atoms with E-state index in [2.05, 4.69) is 10.6 Å². The third-order valence-corrected chi connectivity index (χ3v) is 6.57. The molecule has 8 heteroatoms. The van der Waals surface area contributed by atoms with Crippen molar-refractivity contribution in [2.75, 3.05) is 19.8 Å². The van der Waals surface area contributed by atoms with Crippen molar-refractivity contribution in [2.45, 2.75) is 50.3 Å². The van der Waals surface area contributed by atoms with Crippen LogP contribution in [-0.2, 0) is 14.3 Å². The Labute approximate surface area is 174 Å². The van der Waals surface area contributed by atoms with Crippen LogP contribution < -0.4 is 15.4 Å². The van der Waals surface area contributed by atoms with Crippen molar-refractivity contribution < 1.29 is 23.5 Å². The lowest BCUT2D eigenvalue weighted by molar-refractivity contribution is -0.130. The van der Waals surface area contributed by atoms with E-state index in [0.717, 1.165) is 38.3 Å². The Morgan fingerprint density at radius 2 is 2.07 bits per heavy atom. The molecule has 4 atom stereocenters. The summed E-state index contributed by atoms with van der Waals surface area (Å²) in [6, 6.07) is 3.90. The summed E-state index contributed by atoms with van der Waals surface area (Å²) in [6.45, 7) is 0.772. The van der Waals surface area contributed by atoms with E-state index in [1.54, 1.807) is 0 Å². The lowest BCUT2D eigenvalue weighted by atomic mass is 9.91. The Morgan fingerprint density at radius 3 is 2.79 bits per heavy atom. The van der Waals surface area contributed by atoms with E-state index >= 15 is 0 Å². The fraction of sp³-hybridized carbons (Fsp3) is 0.619. The number of Topliss-reactive ketones (excluding diaryl/α,β-unsaturated/α-hetero) is 1. The number of amides is 1. The maximum absolute atomic E-state index is 13.4. The number of rotatable bonds is 8. The highest BCUT2D eigenvalue weighted by Crippen LogP contribution is 2.38. The van der Waals surface area contributed by atoms with Crippen LogP contribution in [0, 0.1) is 17.7 Å². The van der Waals surface area contributed by atoms with E-state index in [1.165, 1.54) is 18.6 Å². The monoisotopic (exact) mass is 424 g/mol. The van der Waals surface area contributed by atoms with Gasteiger partial charge in [-0.05, 0) is 62.6 Å². The predicted octanol–water partition coefficient (Wildman–Crippen LogP) is 2.48. The molecule has 1 amide bonds. The molecule has 4 rings (SSSR count). The zero-order valence-electron chi connectivity index (χ0n) is 16.2. The summed E-state index contributed by atoms with van der Waals surface area (Å²) in [5.41, 5.74) is 0. The minimum atomic E-state index is -0.585. The fourth-order valence-corrected chi connectivity index (χ4v) is 4.63. The Morgan fingerprint density at radius 1 is 1.24 bits per heavy atom. The number of hydrogen-bond donors (Lipinski definition) is 2. The van der Waals surface area contributed by atoms with Crippen LogP contribution in [0.5, 0.6) is 5.75 Å². The van der Waals surface area contributed by atoms with Crippen LogP contribution in [0.2, 0.25) is 5.02 Å². The smallest absolute Gasteiger partial charge is 0.258 e. The van der Waals surface area contributed by atoms with Crippen LogP contribution in [0.15, 0.2) is 18.2 Å². The topological polar surface area (TPSA) is 76.7 Å². The first-order valence-corrected chi connectivity index (χ1v) is 10.6. The van der Waals surface area contributed by atoms with Gasteiger partial charge in [-0.3, -0.25) is 9.59 Å². The molecule has 0 bridgehead atoms. The first-order valence-electron chi connectivity index (χ1n) is 10.2. The second-order valence-corrected chi connectivity index (χ2v) is 8.65. The second-order valence-electron chi connectivity index (χ2n) is 8.24. The summed E-state index contributed by atoms with van der Waals surface area (Å²) in [4.78, 5) is 24.8. The molecule has 0 aromatic heterocycles. The number of nitrogens with one attached hydrogen (secondary N) is 2. The van der Waals surface area contributed by atoms with Gasteiger partial charge in [0.2, 0.25) is 0 Å². The lowest BCUT2D eigenvalue weighted by Crippen LogP contribution is -2.42. The Kier molecular flexibility index (Phi) is 6.37.